The lowest BCUT2D eigenvalue weighted by Crippen LogP contribution is -1.95. The van der Waals surface area contributed by atoms with Crippen molar-refractivity contribution in [2.24, 2.45) is 0 Å². The van der Waals surface area contributed by atoms with Crippen molar-refractivity contribution in [3.8, 4) is 5.88 Å². The lowest BCUT2D eigenvalue weighted by atomic mass is 10.3. The molecule has 0 fully saturated rings. The van der Waals surface area contributed by atoms with E-state index >= 15 is 0 Å². The molecule has 0 saturated heterocycles. The third-order valence-electron chi connectivity index (χ3n) is 0.930. The first-order valence-corrected chi connectivity index (χ1v) is 2.50. The van der Waals surface area contributed by atoms with Gasteiger partial charge in [-0.25, -0.2) is 9.78 Å². The SMILES string of the molecule is O=C(O)c1c[c]c(O)nc1. The predicted octanol–water partition coefficient (Wildman–Crippen LogP) is 0.286. The Kier molecular flexibility index (Phi) is 1.53. The number of hydrogen-bond donors (Lipinski definition) is 2. The molecule has 10 heavy (non-hydrogen) atoms. The molecule has 0 bridgehead atoms. The van der Waals surface area contributed by atoms with E-state index in [4.69, 9.17) is 10.2 Å². The third-order valence-corrected chi connectivity index (χ3v) is 0.930. The van der Waals surface area contributed by atoms with Gasteiger partial charge in [0.2, 0.25) is 5.88 Å². The maximum Gasteiger partial charge on any atom is 0.337 e. The minimum Gasteiger partial charge on any atom is -0.493 e. The minimum atomic E-state index is -1.08. The summed E-state index contributed by atoms with van der Waals surface area (Å²) in [7, 11) is 0. The molecule has 1 heterocycles. The smallest absolute Gasteiger partial charge is 0.337 e. The molecule has 1 radical (unpaired) electrons. The number of aromatic carboxylic acids is 1. The average Bonchev–Trinajstić information content (AvgIpc) is 1.88. The molecule has 4 nitrogen and oxygen atoms in total. The summed E-state index contributed by atoms with van der Waals surface area (Å²) in [6.45, 7) is 0. The zero-order chi connectivity index (χ0) is 7.56. The molecule has 0 aliphatic heterocycles. The normalized spacial score (nSPS) is 9.20. The molecule has 0 amide bonds. The van der Waals surface area contributed by atoms with Crippen LogP contribution in [0.1, 0.15) is 10.4 Å². The van der Waals surface area contributed by atoms with Gasteiger partial charge in [-0.15, -0.1) is 0 Å². The Labute approximate surface area is 56.8 Å². The maximum atomic E-state index is 10.2. The van der Waals surface area contributed by atoms with E-state index in [-0.39, 0.29) is 11.4 Å². The van der Waals surface area contributed by atoms with E-state index in [0.717, 1.165) is 12.3 Å². The number of rotatable bonds is 1. The molecule has 2 N–H and O–H groups in total. The number of hydrogen-bond acceptors (Lipinski definition) is 3. The van der Waals surface area contributed by atoms with Gasteiger partial charge in [-0.3, -0.25) is 0 Å². The zero-order valence-electron chi connectivity index (χ0n) is 4.90. The lowest BCUT2D eigenvalue weighted by Gasteiger charge is -1.90. The molecule has 0 aromatic carbocycles. The van der Waals surface area contributed by atoms with Crippen LogP contribution in [0.25, 0.3) is 0 Å². The number of carboxylic acid groups (broad SMARTS) is 1. The Morgan fingerprint density at radius 3 is 2.80 bits per heavy atom. The van der Waals surface area contributed by atoms with Gasteiger partial charge >= 0.3 is 5.97 Å². The van der Waals surface area contributed by atoms with Crippen molar-refractivity contribution in [2.75, 3.05) is 0 Å². The standard InChI is InChI=1S/C6H4NO3/c8-5-2-1-4(3-7-5)6(9)10/h1,3H,(H,7,8)(H,9,10). The Bertz CT molecular complexity index is 242. The summed E-state index contributed by atoms with van der Waals surface area (Å²) in [5.74, 6) is -1.38. The fraction of sp³-hybridized carbons (Fsp3) is 0. The van der Waals surface area contributed by atoms with Crippen LogP contribution in [0.5, 0.6) is 5.88 Å². The highest BCUT2D eigenvalue weighted by molar-refractivity contribution is 5.87. The predicted molar refractivity (Wildman–Crippen MR) is 31.7 cm³/mol. The van der Waals surface area contributed by atoms with Gasteiger partial charge in [0, 0.05) is 6.20 Å². The van der Waals surface area contributed by atoms with Crippen LogP contribution in [0.3, 0.4) is 0 Å². The number of nitrogens with zero attached hydrogens (tertiary/aromatic N) is 1. The van der Waals surface area contributed by atoms with E-state index in [1.807, 2.05) is 0 Å². The summed E-state index contributed by atoms with van der Waals surface area (Å²) < 4.78 is 0. The number of carbonyl (C=O) groups is 1. The van der Waals surface area contributed by atoms with Gasteiger partial charge in [-0.2, -0.15) is 0 Å². The first-order chi connectivity index (χ1) is 4.70. The highest BCUT2D eigenvalue weighted by Crippen LogP contribution is 2.02. The molecule has 0 aliphatic rings. The molecule has 0 atom stereocenters. The maximum absolute atomic E-state index is 10.2. The minimum absolute atomic E-state index is 0.0119. The van der Waals surface area contributed by atoms with Crippen molar-refractivity contribution in [1.82, 2.24) is 4.98 Å². The topological polar surface area (TPSA) is 70.4 Å². The van der Waals surface area contributed by atoms with Crippen LogP contribution >= 0.6 is 0 Å². The second-order valence-electron chi connectivity index (χ2n) is 1.63. The molecule has 0 saturated carbocycles. The lowest BCUT2D eigenvalue weighted by molar-refractivity contribution is 0.0696. The fourth-order valence-corrected chi connectivity index (χ4v) is 0.464. The van der Waals surface area contributed by atoms with Crippen molar-refractivity contribution in [3.63, 3.8) is 0 Å². The van der Waals surface area contributed by atoms with E-state index in [9.17, 15) is 4.79 Å². The van der Waals surface area contributed by atoms with E-state index < -0.39 is 5.97 Å². The quantitative estimate of drug-likeness (QED) is 0.585. The van der Waals surface area contributed by atoms with Gasteiger partial charge < -0.3 is 10.2 Å². The summed E-state index contributed by atoms with van der Waals surface area (Å²) in [4.78, 5) is 13.5. The second-order valence-corrected chi connectivity index (χ2v) is 1.63. The summed E-state index contributed by atoms with van der Waals surface area (Å²) in [6, 6.07) is 3.40. The van der Waals surface area contributed by atoms with E-state index in [1.165, 1.54) is 0 Å². The number of aromatic nitrogens is 1. The molecule has 1 rings (SSSR count). The summed E-state index contributed by atoms with van der Waals surface area (Å²) in [5.41, 5.74) is 0.0119. The molecule has 4 heteroatoms. The van der Waals surface area contributed by atoms with Crippen molar-refractivity contribution >= 4 is 5.97 Å². The van der Waals surface area contributed by atoms with Crippen LogP contribution in [-0.2, 0) is 0 Å². The fourth-order valence-electron chi connectivity index (χ4n) is 0.464. The Morgan fingerprint density at radius 2 is 2.40 bits per heavy atom. The van der Waals surface area contributed by atoms with Crippen LogP contribution in [-0.4, -0.2) is 21.2 Å². The summed E-state index contributed by atoms with van der Waals surface area (Å²) in [6.07, 6.45) is 1.06. The Balaban J connectivity index is 3.00. The molecule has 51 valence electrons. The zero-order valence-corrected chi connectivity index (χ0v) is 4.90. The first kappa shape index (κ1) is 6.54. The van der Waals surface area contributed by atoms with Crippen molar-refractivity contribution < 1.29 is 15.0 Å². The van der Waals surface area contributed by atoms with Gasteiger partial charge in [0.05, 0.1) is 11.6 Å². The van der Waals surface area contributed by atoms with E-state index in [1.54, 1.807) is 0 Å². The molecule has 0 aliphatic carbocycles. The van der Waals surface area contributed by atoms with Crippen molar-refractivity contribution in [2.45, 2.75) is 0 Å². The van der Waals surface area contributed by atoms with Crippen LogP contribution in [0.15, 0.2) is 12.3 Å². The first-order valence-electron chi connectivity index (χ1n) is 2.50. The summed E-state index contributed by atoms with van der Waals surface area (Å²) in [5, 5.41) is 16.9. The number of carboxylic acids is 1. The monoisotopic (exact) mass is 138 g/mol. The van der Waals surface area contributed by atoms with E-state index in [0.29, 0.717) is 0 Å². The van der Waals surface area contributed by atoms with Crippen molar-refractivity contribution in [1.29, 1.82) is 0 Å². The Hall–Kier alpha value is -1.58. The molecule has 0 spiro atoms. The van der Waals surface area contributed by atoms with Crippen LogP contribution in [0.2, 0.25) is 0 Å². The van der Waals surface area contributed by atoms with Crippen molar-refractivity contribution in [3.05, 3.63) is 23.9 Å². The van der Waals surface area contributed by atoms with Gasteiger partial charge in [0.25, 0.3) is 0 Å². The van der Waals surface area contributed by atoms with Gasteiger partial charge in [0.1, 0.15) is 0 Å². The van der Waals surface area contributed by atoms with Crippen LogP contribution < -0.4 is 0 Å². The highest BCUT2D eigenvalue weighted by atomic mass is 16.4. The molecule has 0 unspecified atom stereocenters. The number of aromatic hydroxyl groups is 1. The third kappa shape index (κ3) is 1.22. The molecular weight excluding hydrogens is 134 g/mol. The van der Waals surface area contributed by atoms with Gasteiger partial charge in [0.15, 0.2) is 0 Å². The second kappa shape index (κ2) is 2.34. The summed E-state index contributed by atoms with van der Waals surface area (Å²) >= 11 is 0. The Morgan fingerprint density at radius 1 is 1.70 bits per heavy atom. The van der Waals surface area contributed by atoms with Crippen LogP contribution in [0.4, 0.5) is 0 Å². The van der Waals surface area contributed by atoms with E-state index in [2.05, 4.69) is 11.1 Å². The molecular formula is C6H4NO3. The molecule has 1 aromatic heterocycles. The molecule has 1 aromatic rings. The highest BCUT2D eigenvalue weighted by Gasteiger charge is 2.01. The average molecular weight is 138 g/mol. The van der Waals surface area contributed by atoms with Gasteiger partial charge in [-0.05, 0) is 6.07 Å². The number of pyridine rings is 1. The van der Waals surface area contributed by atoms with Crippen LogP contribution in [0, 0.1) is 6.07 Å². The largest absolute Gasteiger partial charge is 0.493 e. The van der Waals surface area contributed by atoms with Gasteiger partial charge in [-0.1, -0.05) is 0 Å².